The number of piperidine rings is 1. The molecule has 0 aliphatic carbocycles. The average Bonchev–Trinajstić information content (AvgIpc) is 2.90. The van der Waals surface area contributed by atoms with Gasteiger partial charge in [-0.15, -0.1) is 11.3 Å². The predicted molar refractivity (Wildman–Crippen MR) is 99.2 cm³/mol. The summed E-state index contributed by atoms with van der Waals surface area (Å²) >= 11 is 1.75. The maximum absolute atomic E-state index is 9.45. The van der Waals surface area contributed by atoms with Crippen molar-refractivity contribution in [1.29, 1.82) is 0 Å². The Labute approximate surface area is 145 Å². The van der Waals surface area contributed by atoms with Gasteiger partial charge in [-0.1, -0.05) is 12.1 Å². The first-order chi connectivity index (χ1) is 11.6. The number of rotatable bonds is 2. The summed E-state index contributed by atoms with van der Waals surface area (Å²) in [7, 11) is 0. The zero-order chi connectivity index (χ0) is 16.7. The Morgan fingerprint density at radius 1 is 1.08 bits per heavy atom. The average molecular weight is 339 g/mol. The fourth-order valence-electron chi connectivity index (χ4n) is 3.57. The van der Waals surface area contributed by atoms with Gasteiger partial charge in [0.25, 0.3) is 0 Å². The van der Waals surface area contributed by atoms with E-state index in [1.54, 1.807) is 29.8 Å². The van der Waals surface area contributed by atoms with Gasteiger partial charge in [0, 0.05) is 18.0 Å². The van der Waals surface area contributed by atoms with Crippen molar-refractivity contribution in [2.24, 2.45) is 0 Å². The van der Waals surface area contributed by atoms with Crippen LogP contribution in [0.4, 0.5) is 5.82 Å². The van der Waals surface area contributed by atoms with Crippen LogP contribution in [0.5, 0.6) is 5.75 Å². The molecule has 0 radical (unpaired) electrons. The van der Waals surface area contributed by atoms with E-state index in [1.807, 2.05) is 12.1 Å². The first kappa shape index (κ1) is 15.4. The van der Waals surface area contributed by atoms with Crippen molar-refractivity contribution < 1.29 is 5.11 Å². The number of fused-ring (bicyclic) bond motifs is 1. The molecule has 3 heterocycles. The highest BCUT2D eigenvalue weighted by atomic mass is 32.1. The summed E-state index contributed by atoms with van der Waals surface area (Å²) in [5, 5.41) is 10.7. The number of phenols is 1. The van der Waals surface area contributed by atoms with Crippen molar-refractivity contribution in [3.8, 4) is 5.75 Å². The number of hydrogen-bond acceptors (Lipinski definition) is 5. The lowest BCUT2D eigenvalue weighted by Crippen LogP contribution is -2.33. The topological polar surface area (TPSA) is 49.2 Å². The monoisotopic (exact) mass is 339 g/mol. The summed E-state index contributed by atoms with van der Waals surface area (Å²) in [5.41, 5.74) is 2.63. The van der Waals surface area contributed by atoms with Crippen LogP contribution in [0.25, 0.3) is 10.2 Å². The molecule has 1 aromatic carbocycles. The molecule has 1 N–H and O–H groups in total. The lowest BCUT2D eigenvalue weighted by Gasteiger charge is -2.33. The van der Waals surface area contributed by atoms with E-state index in [0.29, 0.717) is 11.7 Å². The minimum Gasteiger partial charge on any atom is -0.508 e. The zero-order valence-electron chi connectivity index (χ0n) is 14.0. The summed E-state index contributed by atoms with van der Waals surface area (Å²) in [6, 6.07) is 7.66. The van der Waals surface area contributed by atoms with Crippen LogP contribution < -0.4 is 4.90 Å². The number of benzene rings is 1. The molecule has 3 aromatic rings. The van der Waals surface area contributed by atoms with E-state index < -0.39 is 0 Å². The molecule has 1 aliphatic heterocycles. The lowest BCUT2D eigenvalue weighted by molar-refractivity contribution is 0.472. The molecule has 1 saturated heterocycles. The standard InChI is InChI=1S/C19H21N3OS/c1-12-13(2)24-19-17(12)18(20-11-21-19)22-9-7-15(8-10-22)14-3-5-16(23)6-4-14/h3-6,11,15,23H,7-10H2,1-2H3. The van der Waals surface area contributed by atoms with Crippen molar-refractivity contribution in [3.05, 3.63) is 46.6 Å². The number of hydrogen-bond donors (Lipinski definition) is 1. The Morgan fingerprint density at radius 3 is 2.50 bits per heavy atom. The Kier molecular flexibility index (Phi) is 3.88. The molecule has 124 valence electrons. The van der Waals surface area contributed by atoms with Gasteiger partial charge in [0.05, 0.1) is 5.39 Å². The van der Waals surface area contributed by atoms with E-state index in [1.165, 1.54) is 21.4 Å². The highest BCUT2D eigenvalue weighted by Crippen LogP contribution is 2.37. The van der Waals surface area contributed by atoms with Crippen molar-refractivity contribution in [3.63, 3.8) is 0 Å². The molecule has 1 fully saturated rings. The van der Waals surface area contributed by atoms with Crippen LogP contribution in [0.1, 0.15) is 34.8 Å². The van der Waals surface area contributed by atoms with Crippen LogP contribution in [0.15, 0.2) is 30.6 Å². The van der Waals surface area contributed by atoms with E-state index in [9.17, 15) is 5.11 Å². The molecule has 4 rings (SSSR count). The number of thiophene rings is 1. The molecule has 0 amide bonds. The fraction of sp³-hybridized carbons (Fsp3) is 0.368. The summed E-state index contributed by atoms with van der Waals surface area (Å²) in [6.45, 7) is 6.34. The molecule has 4 nitrogen and oxygen atoms in total. The van der Waals surface area contributed by atoms with Crippen molar-refractivity contribution >= 4 is 27.4 Å². The minimum atomic E-state index is 0.336. The molecule has 0 unspecified atom stereocenters. The van der Waals surface area contributed by atoms with Gasteiger partial charge in [-0.2, -0.15) is 0 Å². The Bertz CT molecular complexity index is 864. The molecular weight excluding hydrogens is 318 g/mol. The molecular formula is C19H21N3OS. The second kappa shape index (κ2) is 6.06. The molecule has 0 atom stereocenters. The Hall–Kier alpha value is -2.14. The first-order valence-electron chi connectivity index (χ1n) is 8.38. The SMILES string of the molecule is Cc1sc2ncnc(N3CCC(c4ccc(O)cc4)CC3)c2c1C. The number of aromatic hydroxyl groups is 1. The summed E-state index contributed by atoms with van der Waals surface area (Å²) in [6.07, 6.45) is 3.91. The lowest BCUT2D eigenvalue weighted by atomic mass is 9.89. The van der Waals surface area contributed by atoms with Crippen LogP contribution in [0, 0.1) is 13.8 Å². The van der Waals surface area contributed by atoms with E-state index in [2.05, 4.69) is 28.7 Å². The van der Waals surface area contributed by atoms with Crippen LogP contribution in [-0.2, 0) is 0 Å². The van der Waals surface area contributed by atoms with Crippen LogP contribution in [0.2, 0.25) is 0 Å². The molecule has 1 aliphatic rings. The molecule has 0 bridgehead atoms. The van der Waals surface area contributed by atoms with Crippen LogP contribution in [-0.4, -0.2) is 28.2 Å². The second-order valence-electron chi connectivity index (χ2n) is 6.51. The summed E-state index contributed by atoms with van der Waals surface area (Å²) in [5.74, 6) is 1.98. The maximum Gasteiger partial charge on any atom is 0.141 e. The summed E-state index contributed by atoms with van der Waals surface area (Å²) < 4.78 is 0. The second-order valence-corrected chi connectivity index (χ2v) is 7.72. The van der Waals surface area contributed by atoms with Gasteiger partial charge in [-0.25, -0.2) is 9.97 Å². The Morgan fingerprint density at radius 2 is 1.79 bits per heavy atom. The highest BCUT2D eigenvalue weighted by Gasteiger charge is 2.24. The Balaban J connectivity index is 1.57. The van der Waals surface area contributed by atoms with Gasteiger partial charge in [-0.3, -0.25) is 0 Å². The highest BCUT2D eigenvalue weighted by molar-refractivity contribution is 7.18. The molecule has 0 saturated carbocycles. The van der Waals surface area contributed by atoms with Gasteiger partial charge < -0.3 is 10.0 Å². The zero-order valence-corrected chi connectivity index (χ0v) is 14.8. The van der Waals surface area contributed by atoms with Gasteiger partial charge in [0.2, 0.25) is 0 Å². The normalized spacial score (nSPS) is 16.0. The molecule has 5 heteroatoms. The molecule has 2 aromatic heterocycles. The quantitative estimate of drug-likeness (QED) is 0.752. The third-order valence-corrected chi connectivity index (χ3v) is 6.22. The van der Waals surface area contributed by atoms with Crippen molar-refractivity contribution in [2.45, 2.75) is 32.6 Å². The number of aryl methyl sites for hydroxylation is 2. The fourth-order valence-corrected chi connectivity index (χ4v) is 4.57. The van der Waals surface area contributed by atoms with Gasteiger partial charge >= 0.3 is 0 Å². The van der Waals surface area contributed by atoms with Gasteiger partial charge in [0.1, 0.15) is 22.7 Å². The first-order valence-corrected chi connectivity index (χ1v) is 9.19. The van der Waals surface area contributed by atoms with Crippen LogP contribution >= 0.6 is 11.3 Å². The maximum atomic E-state index is 9.45. The smallest absolute Gasteiger partial charge is 0.141 e. The number of phenolic OH excluding ortho intramolecular Hbond substituents is 1. The van der Waals surface area contributed by atoms with E-state index in [4.69, 9.17) is 0 Å². The van der Waals surface area contributed by atoms with E-state index in [0.717, 1.165) is 36.6 Å². The third-order valence-electron chi connectivity index (χ3n) is 5.10. The van der Waals surface area contributed by atoms with E-state index >= 15 is 0 Å². The minimum absolute atomic E-state index is 0.336. The number of anilines is 1. The van der Waals surface area contributed by atoms with Crippen molar-refractivity contribution in [2.75, 3.05) is 18.0 Å². The van der Waals surface area contributed by atoms with Gasteiger partial charge in [0.15, 0.2) is 0 Å². The molecule has 0 spiro atoms. The van der Waals surface area contributed by atoms with E-state index in [-0.39, 0.29) is 0 Å². The largest absolute Gasteiger partial charge is 0.508 e. The molecule has 24 heavy (non-hydrogen) atoms. The van der Waals surface area contributed by atoms with Crippen LogP contribution in [0.3, 0.4) is 0 Å². The summed E-state index contributed by atoms with van der Waals surface area (Å²) in [4.78, 5) is 13.9. The van der Waals surface area contributed by atoms with Gasteiger partial charge in [-0.05, 0) is 55.9 Å². The van der Waals surface area contributed by atoms with Crippen molar-refractivity contribution in [1.82, 2.24) is 9.97 Å². The predicted octanol–water partition coefficient (Wildman–Crippen LogP) is 4.40. The third kappa shape index (κ3) is 2.63. The number of aromatic nitrogens is 2. The number of nitrogens with zero attached hydrogens (tertiary/aromatic N) is 3.